The Morgan fingerprint density at radius 2 is 2.57 bits per heavy atom. The van der Waals surface area contributed by atoms with Crippen molar-refractivity contribution in [1.29, 1.82) is 0 Å². The van der Waals surface area contributed by atoms with E-state index in [-0.39, 0.29) is 5.95 Å². The Bertz CT molecular complexity index is 90.3. The van der Waals surface area contributed by atoms with Gasteiger partial charge < -0.3 is 9.84 Å². The van der Waals surface area contributed by atoms with Crippen molar-refractivity contribution in [3.05, 3.63) is 18.3 Å². The van der Waals surface area contributed by atoms with Crippen molar-refractivity contribution in [2.24, 2.45) is 0 Å². The van der Waals surface area contributed by atoms with Crippen LogP contribution in [0.3, 0.4) is 0 Å². The van der Waals surface area contributed by atoms with Crippen molar-refractivity contribution >= 4 is 0 Å². The van der Waals surface area contributed by atoms with Crippen LogP contribution in [0.15, 0.2) is 18.3 Å². The summed E-state index contributed by atoms with van der Waals surface area (Å²) in [7, 11) is 0. The largest absolute Gasteiger partial charge is 0.475 e. The molecular formula is C5H8O2. The number of aliphatic hydroxyl groups excluding tert-OH is 1. The third kappa shape index (κ3) is 2.94. The smallest absolute Gasteiger partial charge is 0.324 e. The van der Waals surface area contributed by atoms with E-state index in [0.29, 0.717) is 6.61 Å². The molecule has 2 heteroatoms. The molecule has 0 heterocycles. The summed E-state index contributed by atoms with van der Waals surface area (Å²) in [6.45, 7) is 5.37. The average Bonchev–Trinajstić information content (AvgIpc) is 1.68. The van der Waals surface area contributed by atoms with Gasteiger partial charge in [0.2, 0.25) is 0 Å². The maximum atomic E-state index is 8.38. The van der Waals surface area contributed by atoms with Crippen molar-refractivity contribution in [3.8, 4) is 0 Å². The van der Waals surface area contributed by atoms with E-state index in [2.05, 4.69) is 17.0 Å². The Hall–Kier alpha value is -0.880. The van der Waals surface area contributed by atoms with Crippen LogP contribution in [0.2, 0.25) is 0 Å². The highest BCUT2D eigenvalue weighted by molar-refractivity contribution is 4.73. The van der Waals surface area contributed by atoms with Gasteiger partial charge in [-0.3, -0.25) is 0 Å². The van der Waals surface area contributed by atoms with Crippen LogP contribution >= 0.6 is 0 Å². The van der Waals surface area contributed by atoms with Gasteiger partial charge in [-0.1, -0.05) is 0 Å². The number of ether oxygens (including phenoxy) is 1. The zero-order valence-corrected chi connectivity index (χ0v) is 4.27. The lowest BCUT2D eigenvalue weighted by Gasteiger charge is -1.93. The number of aliphatic hydroxyl groups is 1. The van der Waals surface area contributed by atoms with Crippen LogP contribution in [0.4, 0.5) is 0 Å². The lowest BCUT2D eigenvalue weighted by molar-refractivity contribution is 0.104. The van der Waals surface area contributed by atoms with Crippen molar-refractivity contribution in [1.82, 2.24) is 0 Å². The fourth-order valence-corrected chi connectivity index (χ4v) is 0.188. The molecule has 0 radical (unpaired) electrons. The van der Waals surface area contributed by atoms with E-state index in [1.165, 1.54) is 0 Å². The van der Waals surface area contributed by atoms with E-state index >= 15 is 0 Å². The lowest BCUT2D eigenvalue weighted by atomic mass is 10.8. The minimum atomic E-state index is -0.234. The molecule has 0 aromatic carbocycles. The van der Waals surface area contributed by atoms with E-state index < -0.39 is 0 Å². The second-order valence-corrected chi connectivity index (χ2v) is 0.915. The van der Waals surface area contributed by atoms with Crippen LogP contribution in [-0.2, 0) is 4.74 Å². The van der Waals surface area contributed by atoms with Gasteiger partial charge in [-0.25, -0.2) is 0 Å². The molecule has 0 atom stereocenters. The first-order valence-corrected chi connectivity index (χ1v) is 2.03. The lowest BCUT2D eigenvalue weighted by Crippen LogP contribution is -1.85. The molecule has 0 aromatic rings. The van der Waals surface area contributed by atoms with Crippen molar-refractivity contribution in [3.63, 3.8) is 0 Å². The molecule has 0 spiro atoms. The van der Waals surface area contributed by atoms with E-state index in [9.17, 15) is 0 Å². The molecule has 0 bridgehead atoms. The SMILES string of the molecule is C=C=C(O)OCC. The van der Waals surface area contributed by atoms with Gasteiger partial charge in [-0.05, 0) is 19.2 Å². The quantitative estimate of drug-likeness (QED) is 0.417. The maximum Gasteiger partial charge on any atom is 0.324 e. The highest BCUT2D eigenvalue weighted by atomic mass is 16.6. The summed E-state index contributed by atoms with van der Waals surface area (Å²) in [4.78, 5) is 0. The molecule has 40 valence electrons. The summed E-state index contributed by atoms with van der Waals surface area (Å²) >= 11 is 0. The van der Waals surface area contributed by atoms with Crippen molar-refractivity contribution < 1.29 is 9.84 Å². The molecule has 0 saturated heterocycles. The Morgan fingerprint density at radius 1 is 2.00 bits per heavy atom. The summed E-state index contributed by atoms with van der Waals surface area (Å²) in [6, 6.07) is 0. The fourth-order valence-electron chi connectivity index (χ4n) is 0.188. The highest BCUT2D eigenvalue weighted by Gasteiger charge is 1.80. The second kappa shape index (κ2) is 3.32. The summed E-state index contributed by atoms with van der Waals surface area (Å²) < 4.78 is 4.49. The van der Waals surface area contributed by atoms with Crippen LogP contribution in [0.1, 0.15) is 6.92 Å². The van der Waals surface area contributed by atoms with Crippen LogP contribution in [-0.4, -0.2) is 11.7 Å². The van der Waals surface area contributed by atoms with Crippen LogP contribution < -0.4 is 0 Å². The van der Waals surface area contributed by atoms with Gasteiger partial charge in [0.05, 0.1) is 6.61 Å². The Labute approximate surface area is 42.7 Å². The average molecular weight is 100 g/mol. The predicted molar refractivity (Wildman–Crippen MR) is 26.9 cm³/mol. The van der Waals surface area contributed by atoms with Gasteiger partial charge in [0, 0.05) is 0 Å². The predicted octanol–water partition coefficient (Wildman–Crippen LogP) is 1.21. The molecule has 0 saturated carbocycles. The molecule has 0 aliphatic heterocycles. The van der Waals surface area contributed by atoms with Gasteiger partial charge in [-0.2, -0.15) is 0 Å². The summed E-state index contributed by atoms with van der Waals surface area (Å²) in [5.74, 6) is -0.234. The molecule has 0 aliphatic rings. The Balaban J connectivity index is 3.37. The van der Waals surface area contributed by atoms with Crippen LogP contribution in [0.25, 0.3) is 0 Å². The minimum absolute atomic E-state index is 0.234. The topological polar surface area (TPSA) is 29.5 Å². The minimum Gasteiger partial charge on any atom is -0.475 e. The molecule has 0 unspecified atom stereocenters. The number of hydrogen-bond donors (Lipinski definition) is 1. The first-order valence-electron chi connectivity index (χ1n) is 2.03. The fraction of sp³-hybridized carbons (Fsp3) is 0.400. The molecule has 0 fully saturated rings. The van der Waals surface area contributed by atoms with Gasteiger partial charge >= 0.3 is 5.95 Å². The molecule has 0 aliphatic carbocycles. The molecule has 0 aromatic heterocycles. The van der Waals surface area contributed by atoms with Gasteiger partial charge in [-0.15, -0.1) is 0 Å². The van der Waals surface area contributed by atoms with Crippen LogP contribution in [0.5, 0.6) is 0 Å². The molecule has 2 nitrogen and oxygen atoms in total. The molecular weight excluding hydrogens is 92.1 g/mol. The summed E-state index contributed by atoms with van der Waals surface area (Å²) in [6.07, 6.45) is 0. The van der Waals surface area contributed by atoms with E-state index in [4.69, 9.17) is 5.11 Å². The third-order valence-corrected chi connectivity index (χ3v) is 0.432. The number of rotatable bonds is 2. The number of hydrogen-bond acceptors (Lipinski definition) is 2. The van der Waals surface area contributed by atoms with E-state index in [1.807, 2.05) is 0 Å². The molecule has 1 N–H and O–H groups in total. The van der Waals surface area contributed by atoms with Gasteiger partial charge in [0.15, 0.2) is 0 Å². The van der Waals surface area contributed by atoms with Crippen molar-refractivity contribution in [2.45, 2.75) is 6.92 Å². The van der Waals surface area contributed by atoms with E-state index in [1.54, 1.807) is 6.92 Å². The molecule has 0 amide bonds. The summed E-state index contributed by atoms with van der Waals surface area (Å²) in [5, 5.41) is 8.38. The van der Waals surface area contributed by atoms with Crippen LogP contribution in [0, 0.1) is 0 Å². The maximum absolute atomic E-state index is 8.38. The van der Waals surface area contributed by atoms with Crippen molar-refractivity contribution in [2.75, 3.05) is 6.61 Å². The first kappa shape index (κ1) is 6.12. The third-order valence-electron chi connectivity index (χ3n) is 0.432. The second-order valence-electron chi connectivity index (χ2n) is 0.915. The zero-order chi connectivity index (χ0) is 5.70. The van der Waals surface area contributed by atoms with Gasteiger partial charge in [0.1, 0.15) is 0 Å². The first-order chi connectivity index (χ1) is 3.31. The monoisotopic (exact) mass is 100 g/mol. The molecule has 7 heavy (non-hydrogen) atoms. The standard InChI is InChI=1S/C5H8O2/c1-3-5(6)7-4-2/h6H,1,4H2,2H3. The molecule has 0 rings (SSSR count). The Morgan fingerprint density at radius 3 is 2.71 bits per heavy atom. The normalized spacial score (nSPS) is 7.00. The van der Waals surface area contributed by atoms with Gasteiger partial charge in [0.25, 0.3) is 0 Å². The van der Waals surface area contributed by atoms with E-state index in [0.717, 1.165) is 0 Å². The highest BCUT2D eigenvalue weighted by Crippen LogP contribution is 1.83. The summed E-state index contributed by atoms with van der Waals surface area (Å²) in [5.41, 5.74) is 2.17. The zero-order valence-electron chi connectivity index (χ0n) is 4.27. The Kier molecular flexibility index (Phi) is 2.90.